The highest BCUT2D eigenvalue weighted by atomic mass is 127. The fraction of sp³-hybridized carbons (Fsp3) is 0.650. The average Bonchev–Trinajstić information content (AvgIpc) is 2.71. The molecule has 0 radical (unpaired) electrons. The number of aliphatic imine (C=N–C) groups is 1. The van der Waals surface area contributed by atoms with Gasteiger partial charge in [0.1, 0.15) is 0 Å². The van der Waals surface area contributed by atoms with E-state index in [2.05, 4.69) is 20.5 Å². The minimum atomic E-state index is -2.93. The Bertz CT molecular complexity index is 632. The molecule has 0 saturated carbocycles. The summed E-state index contributed by atoms with van der Waals surface area (Å²) in [4.78, 5) is 6.89. The molecule has 1 heterocycles. The van der Waals surface area contributed by atoms with E-state index < -0.39 is 6.61 Å². The number of benzene rings is 1. The van der Waals surface area contributed by atoms with E-state index in [1.807, 2.05) is 6.92 Å². The summed E-state index contributed by atoms with van der Waals surface area (Å²) in [5, 5.41) is 6.47. The SMILES string of the molecule is CCNC(=NCc1cccc(OCC)c1OC(F)F)NCCCN1CCOCC1.I. The summed E-state index contributed by atoms with van der Waals surface area (Å²) in [5.41, 5.74) is 0.543. The van der Waals surface area contributed by atoms with Crippen LogP contribution in [0.1, 0.15) is 25.8 Å². The number of nitrogens with zero attached hydrogens (tertiary/aromatic N) is 2. The number of guanidine groups is 1. The molecule has 1 aliphatic rings. The highest BCUT2D eigenvalue weighted by molar-refractivity contribution is 14.0. The number of morpholine rings is 1. The van der Waals surface area contributed by atoms with Crippen LogP contribution in [0, 0.1) is 0 Å². The number of hydrogen-bond acceptors (Lipinski definition) is 5. The second-order valence-corrected chi connectivity index (χ2v) is 6.49. The van der Waals surface area contributed by atoms with Gasteiger partial charge >= 0.3 is 6.61 Å². The number of rotatable bonds is 11. The van der Waals surface area contributed by atoms with Gasteiger partial charge in [-0.2, -0.15) is 8.78 Å². The summed E-state index contributed by atoms with van der Waals surface area (Å²) in [7, 11) is 0. The van der Waals surface area contributed by atoms with Crippen LogP contribution in [-0.4, -0.2) is 70.0 Å². The van der Waals surface area contributed by atoms with Gasteiger partial charge in [0.05, 0.1) is 26.4 Å². The molecule has 0 atom stereocenters. The minimum Gasteiger partial charge on any atom is -0.490 e. The van der Waals surface area contributed by atoms with E-state index in [1.54, 1.807) is 25.1 Å². The molecular formula is C20H33F2IN4O3. The zero-order valence-corrected chi connectivity index (χ0v) is 20.0. The number of halogens is 3. The Morgan fingerprint density at radius 3 is 2.67 bits per heavy atom. The molecule has 1 aromatic carbocycles. The summed E-state index contributed by atoms with van der Waals surface area (Å²) in [6, 6.07) is 5.08. The van der Waals surface area contributed by atoms with Crippen molar-refractivity contribution in [2.24, 2.45) is 4.99 Å². The Morgan fingerprint density at radius 1 is 1.23 bits per heavy atom. The van der Waals surface area contributed by atoms with Gasteiger partial charge in [0.25, 0.3) is 0 Å². The molecule has 1 aromatic rings. The van der Waals surface area contributed by atoms with E-state index in [1.165, 1.54) is 0 Å². The summed E-state index contributed by atoms with van der Waals surface area (Å²) in [6.07, 6.45) is 0.976. The second-order valence-electron chi connectivity index (χ2n) is 6.49. The van der Waals surface area contributed by atoms with Crippen molar-refractivity contribution in [3.63, 3.8) is 0 Å². The highest BCUT2D eigenvalue weighted by Gasteiger charge is 2.16. The lowest BCUT2D eigenvalue weighted by Crippen LogP contribution is -2.40. The van der Waals surface area contributed by atoms with Crippen LogP contribution in [0.3, 0.4) is 0 Å². The Balaban J connectivity index is 0.00000450. The Labute approximate surface area is 194 Å². The lowest BCUT2D eigenvalue weighted by atomic mass is 10.2. The molecule has 0 bridgehead atoms. The molecule has 10 heteroatoms. The predicted octanol–water partition coefficient (Wildman–Crippen LogP) is 3.08. The van der Waals surface area contributed by atoms with Crippen molar-refractivity contribution in [2.75, 3.05) is 52.5 Å². The largest absolute Gasteiger partial charge is 0.490 e. The topological polar surface area (TPSA) is 67.4 Å². The molecule has 0 aliphatic carbocycles. The lowest BCUT2D eigenvalue weighted by molar-refractivity contribution is -0.0520. The minimum absolute atomic E-state index is 0. The number of hydrogen-bond donors (Lipinski definition) is 2. The number of alkyl halides is 2. The molecule has 1 fully saturated rings. The first-order valence-corrected chi connectivity index (χ1v) is 10.2. The Morgan fingerprint density at radius 2 is 2.00 bits per heavy atom. The van der Waals surface area contributed by atoms with Gasteiger partial charge in [0.2, 0.25) is 0 Å². The third kappa shape index (κ3) is 9.61. The van der Waals surface area contributed by atoms with Crippen LogP contribution in [0.15, 0.2) is 23.2 Å². The summed E-state index contributed by atoms with van der Waals surface area (Å²) in [5.74, 6) is 0.972. The van der Waals surface area contributed by atoms with Crippen LogP contribution < -0.4 is 20.1 Å². The molecule has 30 heavy (non-hydrogen) atoms. The second kappa shape index (κ2) is 15.4. The first-order chi connectivity index (χ1) is 14.1. The van der Waals surface area contributed by atoms with Crippen LogP contribution in [0.5, 0.6) is 11.5 Å². The van der Waals surface area contributed by atoms with Crippen LogP contribution >= 0.6 is 24.0 Å². The lowest BCUT2D eigenvalue weighted by Gasteiger charge is -2.26. The molecule has 0 unspecified atom stereocenters. The Hall–Kier alpha value is -1.40. The molecule has 1 saturated heterocycles. The predicted molar refractivity (Wildman–Crippen MR) is 124 cm³/mol. The van der Waals surface area contributed by atoms with Crippen LogP contribution in [-0.2, 0) is 11.3 Å². The van der Waals surface area contributed by atoms with Crippen molar-refractivity contribution in [2.45, 2.75) is 33.4 Å². The maximum Gasteiger partial charge on any atom is 0.387 e. The van der Waals surface area contributed by atoms with Crippen molar-refractivity contribution in [3.05, 3.63) is 23.8 Å². The number of nitrogens with one attached hydrogen (secondary N) is 2. The summed E-state index contributed by atoms with van der Waals surface area (Å²) < 4.78 is 41.2. The molecule has 1 aliphatic heterocycles. The summed E-state index contributed by atoms with van der Waals surface area (Å²) in [6.45, 7) is 7.40. The molecule has 0 amide bonds. The van der Waals surface area contributed by atoms with E-state index in [4.69, 9.17) is 14.2 Å². The van der Waals surface area contributed by atoms with Crippen LogP contribution in [0.2, 0.25) is 0 Å². The van der Waals surface area contributed by atoms with E-state index >= 15 is 0 Å². The zero-order valence-electron chi connectivity index (χ0n) is 17.7. The molecule has 0 aromatic heterocycles. The highest BCUT2D eigenvalue weighted by Crippen LogP contribution is 2.33. The number of ether oxygens (including phenoxy) is 3. The van der Waals surface area contributed by atoms with Gasteiger partial charge < -0.3 is 24.8 Å². The monoisotopic (exact) mass is 542 g/mol. The van der Waals surface area contributed by atoms with Gasteiger partial charge in [-0.15, -0.1) is 24.0 Å². The van der Waals surface area contributed by atoms with Gasteiger partial charge in [0, 0.05) is 31.7 Å². The van der Waals surface area contributed by atoms with E-state index in [9.17, 15) is 8.78 Å². The maximum atomic E-state index is 12.8. The van der Waals surface area contributed by atoms with Crippen molar-refractivity contribution < 1.29 is 23.0 Å². The first kappa shape index (κ1) is 26.6. The maximum absolute atomic E-state index is 12.8. The van der Waals surface area contributed by atoms with Crippen molar-refractivity contribution in [3.8, 4) is 11.5 Å². The normalized spacial score (nSPS) is 14.9. The number of para-hydroxylation sites is 1. The van der Waals surface area contributed by atoms with Crippen molar-refractivity contribution in [1.29, 1.82) is 0 Å². The molecule has 2 rings (SSSR count). The van der Waals surface area contributed by atoms with Crippen LogP contribution in [0.4, 0.5) is 8.78 Å². The third-order valence-electron chi connectivity index (χ3n) is 4.37. The molecule has 7 nitrogen and oxygen atoms in total. The summed E-state index contributed by atoms with van der Waals surface area (Å²) >= 11 is 0. The fourth-order valence-corrected chi connectivity index (χ4v) is 3.02. The van der Waals surface area contributed by atoms with Gasteiger partial charge in [-0.1, -0.05) is 12.1 Å². The molecular weight excluding hydrogens is 509 g/mol. The average molecular weight is 542 g/mol. The van der Waals surface area contributed by atoms with E-state index in [-0.39, 0.29) is 36.3 Å². The van der Waals surface area contributed by atoms with Gasteiger partial charge in [-0.3, -0.25) is 4.90 Å². The van der Waals surface area contributed by atoms with Crippen molar-refractivity contribution >= 4 is 29.9 Å². The standard InChI is InChI=1S/C20H32F2N4O3.HI/c1-3-23-20(24-9-6-10-26-11-13-27-14-12-26)25-15-16-7-5-8-17(28-4-2)18(16)29-19(21)22;/h5,7-8,19H,3-4,6,9-15H2,1-2H3,(H2,23,24,25);1H. The zero-order chi connectivity index (χ0) is 20.9. The first-order valence-electron chi connectivity index (χ1n) is 10.2. The fourth-order valence-electron chi connectivity index (χ4n) is 3.02. The van der Waals surface area contributed by atoms with E-state index in [0.717, 1.165) is 45.8 Å². The smallest absolute Gasteiger partial charge is 0.387 e. The molecule has 0 spiro atoms. The van der Waals surface area contributed by atoms with Gasteiger partial charge in [0.15, 0.2) is 17.5 Å². The van der Waals surface area contributed by atoms with Crippen LogP contribution in [0.25, 0.3) is 0 Å². The van der Waals surface area contributed by atoms with Gasteiger partial charge in [-0.25, -0.2) is 4.99 Å². The van der Waals surface area contributed by atoms with Gasteiger partial charge in [-0.05, 0) is 32.9 Å². The molecule has 172 valence electrons. The molecule has 2 N–H and O–H groups in total. The Kier molecular flexibility index (Phi) is 13.7. The van der Waals surface area contributed by atoms with Crippen molar-refractivity contribution in [1.82, 2.24) is 15.5 Å². The van der Waals surface area contributed by atoms with E-state index in [0.29, 0.717) is 30.4 Å². The third-order valence-corrected chi connectivity index (χ3v) is 4.37. The quantitative estimate of drug-likeness (QED) is 0.194.